The van der Waals surface area contributed by atoms with Gasteiger partial charge in [-0.3, -0.25) is 4.79 Å². The van der Waals surface area contributed by atoms with Crippen molar-refractivity contribution in [3.63, 3.8) is 0 Å². The first-order chi connectivity index (χ1) is 12.9. The molecule has 3 rings (SSSR count). The SMILES string of the molecule is COCOc1ccc(-c2ccc3c(c2CCl)CC(=O)C(C)(C)N3)c(OC)c1. The van der Waals surface area contributed by atoms with Crippen LogP contribution in [-0.2, 0) is 21.8 Å². The zero-order valence-corrected chi connectivity index (χ0v) is 16.8. The fourth-order valence-electron chi connectivity index (χ4n) is 3.32. The van der Waals surface area contributed by atoms with Crippen LogP contribution in [0.5, 0.6) is 11.5 Å². The number of anilines is 1. The second-order valence-electron chi connectivity index (χ2n) is 7.01. The summed E-state index contributed by atoms with van der Waals surface area (Å²) < 4.78 is 16.0. The van der Waals surface area contributed by atoms with E-state index in [0.717, 1.165) is 27.9 Å². The van der Waals surface area contributed by atoms with Crippen LogP contribution in [0.25, 0.3) is 11.1 Å². The molecule has 0 saturated carbocycles. The molecule has 1 heterocycles. The van der Waals surface area contributed by atoms with Crippen LogP contribution in [0.15, 0.2) is 30.3 Å². The van der Waals surface area contributed by atoms with Crippen molar-refractivity contribution in [1.82, 2.24) is 0 Å². The van der Waals surface area contributed by atoms with Gasteiger partial charge in [-0.05, 0) is 48.7 Å². The Bertz CT molecular complexity index is 864. The van der Waals surface area contributed by atoms with Gasteiger partial charge in [0.2, 0.25) is 0 Å². The maximum absolute atomic E-state index is 12.5. The Morgan fingerprint density at radius 1 is 1.15 bits per heavy atom. The second-order valence-corrected chi connectivity index (χ2v) is 7.28. The van der Waals surface area contributed by atoms with Crippen molar-refractivity contribution in [2.24, 2.45) is 0 Å². The zero-order valence-electron chi connectivity index (χ0n) is 16.0. The van der Waals surface area contributed by atoms with Crippen LogP contribution in [0, 0.1) is 0 Å². The van der Waals surface area contributed by atoms with Gasteiger partial charge in [0.15, 0.2) is 12.6 Å². The first-order valence-electron chi connectivity index (χ1n) is 8.73. The number of hydrogen-bond acceptors (Lipinski definition) is 5. The van der Waals surface area contributed by atoms with Gasteiger partial charge in [0.05, 0.1) is 12.6 Å². The lowest BCUT2D eigenvalue weighted by Gasteiger charge is -2.34. The molecule has 0 aliphatic carbocycles. The third-order valence-corrected chi connectivity index (χ3v) is 5.12. The molecule has 0 spiro atoms. The molecule has 2 aromatic carbocycles. The van der Waals surface area contributed by atoms with Crippen molar-refractivity contribution in [3.05, 3.63) is 41.5 Å². The number of alkyl halides is 1. The molecule has 0 bridgehead atoms. The van der Waals surface area contributed by atoms with Crippen LogP contribution < -0.4 is 14.8 Å². The Balaban J connectivity index is 2.08. The summed E-state index contributed by atoms with van der Waals surface area (Å²) in [7, 11) is 3.19. The molecular formula is C21H24ClNO4. The van der Waals surface area contributed by atoms with E-state index in [-0.39, 0.29) is 12.6 Å². The topological polar surface area (TPSA) is 56.8 Å². The van der Waals surface area contributed by atoms with Gasteiger partial charge < -0.3 is 19.5 Å². The van der Waals surface area contributed by atoms with E-state index in [9.17, 15) is 4.79 Å². The minimum absolute atomic E-state index is 0.147. The summed E-state index contributed by atoms with van der Waals surface area (Å²) in [5.41, 5.74) is 4.13. The fourth-order valence-corrected chi connectivity index (χ4v) is 3.62. The summed E-state index contributed by atoms with van der Waals surface area (Å²) in [5.74, 6) is 1.78. The first kappa shape index (κ1) is 19.5. The van der Waals surface area contributed by atoms with E-state index in [0.29, 0.717) is 23.8 Å². The van der Waals surface area contributed by atoms with Crippen LogP contribution >= 0.6 is 11.6 Å². The van der Waals surface area contributed by atoms with Gasteiger partial charge in [0, 0.05) is 36.7 Å². The molecule has 2 aromatic rings. The number of Topliss-reactive ketones (excluding diaryl/α,β-unsaturated/α-hetero) is 1. The van der Waals surface area contributed by atoms with Crippen LogP contribution in [0.4, 0.5) is 5.69 Å². The molecule has 1 aliphatic heterocycles. The van der Waals surface area contributed by atoms with Gasteiger partial charge in [-0.25, -0.2) is 0 Å². The highest BCUT2D eigenvalue weighted by atomic mass is 35.5. The Labute approximate surface area is 164 Å². The highest BCUT2D eigenvalue weighted by molar-refractivity contribution is 6.18. The molecule has 6 heteroatoms. The molecule has 0 fully saturated rings. The number of methoxy groups -OCH3 is 2. The zero-order chi connectivity index (χ0) is 19.6. The number of carbonyl (C=O) groups is 1. The number of halogens is 1. The van der Waals surface area contributed by atoms with Crippen LogP contribution in [0.2, 0.25) is 0 Å². The van der Waals surface area contributed by atoms with Crippen molar-refractivity contribution in [1.29, 1.82) is 0 Å². The smallest absolute Gasteiger partial charge is 0.188 e. The lowest BCUT2D eigenvalue weighted by molar-refractivity contribution is -0.122. The van der Waals surface area contributed by atoms with Gasteiger partial charge in [-0.15, -0.1) is 11.6 Å². The minimum atomic E-state index is -0.573. The molecule has 0 aromatic heterocycles. The summed E-state index contributed by atoms with van der Waals surface area (Å²) in [4.78, 5) is 12.5. The molecule has 5 nitrogen and oxygen atoms in total. The van der Waals surface area contributed by atoms with Crippen molar-refractivity contribution in [2.75, 3.05) is 26.3 Å². The third kappa shape index (κ3) is 3.75. The normalized spacial score (nSPS) is 15.1. The molecule has 0 atom stereocenters. The van der Waals surface area contributed by atoms with Gasteiger partial charge >= 0.3 is 0 Å². The molecule has 0 unspecified atom stereocenters. The third-order valence-electron chi connectivity index (χ3n) is 4.85. The minimum Gasteiger partial charge on any atom is -0.496 e. The van der Waals surface area contributed by atoms with Crippen molar-refractivity contribution >= 4 is 23.1 Å². The average Bonchev–Trinajstić information content (AvgIpc) is 2.66. The van der Waals surface area contributed by atoms with Gasteiger partial charge in [-0.2, -0.15) is 0 Å². The Hall–Kier alpha value is -2.24. The maximum atomic E-state index is 12.5. The largest absolute Gasteiger partial charge is 0.496 e. The molecule has 27 heavy (non-hydrogen) atoms. The standard InChI is InChI=1S/C21H24ClNO4/c1-21(2)20(24)10-16-17(11-22)14(7-8-18(16)23-21)15-6-5-13(27-12-25-3)9-19(15)26-4/h5-9,23H,10-12H2,1-4H3. The number of hydrogen-bond donors (Lipinski definition) is 1. The highest BCUT2D eigenvalue weighted by Crippen LogP contribution is 2.41. The van der Waals surface area contributed by atoms with E-state index in [1.165, 1.54) is 0 Å². The molecule has 1 N–H and O–H groups in total. The Kier molecular flexibility index (Phi) is 5.63. The molecular weight excluding hydrogens is 366 g/mol. The van der Waals surface area contributed by atoms with Gasteiger partial charge in [0.1, 0.15) is 11.5 Å². The fraction of sp³-hybridized carbons (Fsp3) is 0.381. The Morgan fingerprint density at radius 2 is 1.89 bits per heavy atom. The van der Waals surface area contributed by atoms with Crippen molar-refractivity contribution < 1.29 is 19.0 Å². The van der Waals surface area contributed by atoms with Crippen LogP contribution in [-0.4, -0.2) is 32.3 Å². The molecule has 1 aliphatic rings. The Morgan fingerprint density at radius 3 is 2.56 bits per heavy atom. The average molecular weight is 390 g/mol. The van der Waals surface area contributed by atoms with Crippen molar-refractivity contribution in [3.8, 4) is 22.6 Å². The number of ether oxygens (including phenoxy) is 3. The summed E-state index contributed by atoms with van der Waals surface area (Å²) >= 11 is 6.31. The second kappa shape index (κ2) is 7.79. The van der Waals surface area contributed by atoms with E-state index in [4.69, 9.17) is 25.8 Å². The lowest BCUT2D eigenvalue weighted by Crippen LogP contribution is -2.45. The molecule has 144 valence electrons. The number of benzene rings is 2. The first-order valence-corrected chi connectivity index (χ1v) is 9.27. The summed E-state index contributed by atoms with van der Waals surface area (Å²) in [5, 5.41) is 3.33. The number of rotatable bonds is 6. The predicted molar refractivity (Wildman–Crippen MR) is 107 cm³/mol. The quantitative estimate of drug-likeness (QED) is 0.586. The van der Waals surface area contributed by atoms with E-state index < -0.39 is 5.54 Å². The maximum Gasteiger partial charge on any atom is 0.188 e. The summed E-state index contributed by atoms with van der Waals surface area (Å²) in [6.45, 7) is 3.96. The highest BCUT2D eigenvalue weighted by Gasteiger charge is 2.34. The number of ketones is 1. The molecule has 0 saturated heterocycles. The van der Waals surface area contributed by atoms with Crippen LogP contribution in [0.1, 0.15) is 25.0 Å². The monoisotopic (exact) mass is 389 g/mol. The summed E-state index contributed by atoms with van der Waals surface area (Å²) in [6, 6.07) is 9.63. The molecule has 0 radical (unpaired) electrons. The van der Waals surface area contributed by atoms with Gasteiger partial charge in [0.25, 0.3) is 0 Å². The number of fused-ring (bicyclic) bond motifs is 1. The predicted octanol–water partition coefficient (Wildman–Crippen LogP) is 4.40. The van der Waals surface area contributed by atoms with Gasteiger partial charge in [-0.1, -0.05) is 6.07 Å². The lowest BCUT2D eigenvalue weighted by atomic mass is 9.84. The van der Waals surface area contributed by atoms with Crippen LogP contribution in [0.3, 0.4) is 0 Å². The van der Waals surface area contributed by atoms with E-state index in [2.05, 4.69) is 5.32 Å². The molecule has 0 amide bonds. The number of carbonyl (C=O) groups excluding carboxylic acids is 1. The summed E-state index contributed by atoms with van der Waals surface area (Å²) in [6.07, 6.45) is 0.364. The van der Waals surface area contributed by atoms with E-state index in [1.807, 2.05) is 44.2 Å². The van der Waals surface area contributed by atoms with E-state index >= 15 is 0 Å². The van der Waals surface area contributed by atoms with Crippen molar-refractivity contribution in [2.45, 2.75) is 31.7 Å². The van der Waals surface area contributed by atoms with E-state index in [1.54, 1.807) is 14.2 Å². The number of nitrogens with one attached hydrogen (secondary N) is 1.